The van der Waals surface area contributed by atoms with Crippen molar-refractivity contribution >= 4 is 0 Å². The summed E-state index contributed by atoms with van der Waals surface area (Å²) < 4.78 is 8.38. The van der Waals surface area contributed by atoms with Crippen LogP contribution in [-0.4, -0.2) is 11.7 Å². The Labute approximate surface area is 79.3 Å². The molecule has 1 N–H and O–H groups in total. The van der Waals surface area contributed by atoms with Crippen molar-refractivity contribution in [2.75, 3.05) is 6.61 Å². The molecule has 0 aliphatic heterocycles. The summed E-state index contributed by atoms with van der Waals surface area (Å²) in [5.74, 6) is 0. The van der Waals surface area contributed by atoms with Gasteiger partial charge in [0.1, 0.15) is 0 Å². The zero-order valence-electron chi connectivity index (χ0n) is 7.51. The van der Waals surface area contributed by atoms with Crippen LogP contribution in [0.2, 0.25) is 0 Å². The van der Waals surface area contributed by atoms with Crippen LogP contribution >= 0.6 is 0 Å². The Morgan fingerprint density at radius 3 is 1.91 bits per heavy atom. The number of hydrogen-bond acceptors (Lipinski definition) is 2. The first-order valence-electron chi connectivity index (χ1n) is 4.31. The quantitative estimate of drug-likeness (QED) is 0.540. The molecule has 0 amide bonds. The van der Waals surface area contributed by atoms with Crippen molar-refractivity contribution in [3.05, 3.63) is 0 Å². The van der Waals surface area contributed by atoms with Gasteiger partial charge in [0.2, 0.25) is 0 Å². The fourth-order valence-corrected chi connectivity index (χ4v) is 0.892. The van der Waals surface area contributed by atoms with Crippen molar-refractivity contribution < 1.29 is 26.9 Å². The number of aliphatic hydroxyl groups excluding tert-OH is 1. The van der Waals surface area contributed by atoms with E-state index in [1.165, 1.54) is 32.1 Å². The van der Waals surface area contributed by atoms with E-state index in [-0.39, 0.29) is 18.3 Å². The Morgan fingerprint density at radius 2 is 1.45 bits per heavy atom. The summed E-state index contributed by atoms with van der Waals surface area (Å²) in [5.41, 5.74) is 0. The van der Waals surface area contributed by atoms with E-state index in [4.69, 9.17) is 8.68 Å². The SMILES string of the molecule is CCCCCCCCO.[O]=[Zn]. The van der Waals surface area contributed by atoms with E-state index < -0.39 is 0 Å². The Bertz CT molecular complexity index is 54.1. The van der Waals surface area contributed by atoms with E-state index in [0.717, 1.165) is 6.42 Å². The molecule has 0 spiro atoms. The normalized spacial score (nSPS) is 8.73. The standard InChI is InChI=1S/C8H18O.O.Zn/c1-2-3-4-5-6-7-8-9;;/h9H,2-8H2,1H3;;. The molecule has 0 aliphatic rings. The van der Waals surface area contributed by atoms with Gasteiger partial charge in [0.15, 0.2) is 0 Å². The molecule has 0 fully saturated rings. The third kappa shape index (κ3) is 17.9. The second kappa shape index (κ2) is 16.8. The van der Waals surface area contributed by atoms with Crippen LogP contribution in [0.25, 0.3) is 0 Å². The molecule has 0 atom stereocenters. The predicted molar refractivity (Wildman–Crippen MR) is 41.1 cm³/mol. The Balaban J connectivity index is 0. The third-order valence-corrected chi connectivity index (χ3v) is 1.51. The van der Waals surface area contributed by atoms with Crippen LogP contribution in [0, 0.1) is 0 Å². The van der Waals surface area contributed by atoms with E-state index in [0.29, 0.717) is 6.61 Å². The summed E-state index contributed by atoms with van der Waals surface area (Å²) in [6, 6.07) is 0. The van der Waals surface area contributed by atoms with Crippen LogP contribution < -0.4 is 0 Å². The average molecular weight is 212 g/mol. The molecule has 0 unspecified atom stereocenters. The van der Waals surface area contributed by atoms with Gasteiger partial charge >= 0.3 is 21.8 Å². The summed E-state index contributed by atoms with van der Waals surface area (Å²) >= 11 is 0.125. The van der Waals surface area contributed by atoms with Crippen molar-refractivity contribution in [2.45, 2.75) is 45.4 Å². The molecule has 64 valence electrons. The van der Waals surface area contributed by atoms with E-state index in [9.17, 15) is 0 Å². The van der Waals surface area contributed by atoms with E-state index in [1.54, 1.807) is 0 Å². The van der Waals surface area contributed by atoms with Crippen LogP contribution in [0.4, 0.5) is 0 Å². The second-order valence-corrected chi connectivity index (χ2v) is 2.49. The molecule has 0 bridgehead atoms. The van der Waals surface area contributed by atoms with Crippen LogP contribution in [-0.2, 0) is 21.8 Å². The number of aliphatic hydroxyl groups is 1. The number of unbranched alkanes of at least 4 members (excludes halogenated alkanes) is 5. The molecule has 0 rings (SSSR count). The van der Waals surface area contributed by atoms with E-state index in [2.05, 4.69) is 6.92 Å². The van der Waals surface area contributed by atoms with Gasteiger partial charge in [-0.05, 0) is 6.42 Å². The van der Waals surface area contributed by atoms with Gasteiger partial charge in [0, 0.05) is 6.61 Å². The van der Waals surface area contributed by atoms with Crippen LogP contribution in [0.3, 0.4) is 0 Å². The third-order valence-electron chi connectivity index (χ3n) is 1.51. The molecule has 2 nitrogen and oxygen atoms in total. The maximum absolute atomic E-state index is 8.42. The molecule has 0 aliphatic carbocycles. The molecule has 0 aromatic carbocycles. The topological polar surface area (TPSA) is 37.3 Å². The Hall–Kier alpha value is 0.383. The van der Waals surface area contributed by atoms with Crippen LogP contribution in [0.1, 0.15) is 45.4 Å². The first kappa shape index (κ1) is 13.9. The monoisotopic (exact) mass is 210 g/mol. The van der Waals surface area contributed by atoms with Crippen molar-refractivity contribution in [1.82, 2.24) is 0 Å². The first-order chi connectivity index (χ1) is 5.41. The zero-order chi connectivity index (χ0) is 8.95. The van der Waals surface area contributed by atoms with Gasteiger partial charge in [0.05, 0.1) is 0 Å². The van der Waals surface area contributed by atoms with Gasteiger partial charge in [-0.15, -0.1) is 0 Å². The van der Waals surface area contributed by atoms with Gasteiger partial charge in [0.25, 0.3) is 0 Å². The van der Waals surface area contributed by atoms with Crippen molar-refractivity contribution in [3.8, 4) is 0 Å². The summed E-state index contributed by atoms with van der Waals surface area (Å²) in [4.78, 5) is 0. The molecule has 0 saturated heterocycles. The van der Waals surface area contributed by atoms with Crippen LogP contribution in [0.15, 0.2) is 0 Å². The molecule has 11 heavy (non-hydrogen) atoms. The van der Waals surface area contributed by atoms with Gasteiger partial charge in [-0.2, -0.15) is 0 Å². The van der Waals surface area contributed by atoms with Crippen molar-refractivity contribution in [3.63, 3.8) is 0 Å². The Kier molecular flexibility index (Phi) is 21.3. The number of rotatable bonds is 6. The van der Waals surface area contributed by atoms with E-state index >= 15 is 0 Å². The summed E-state index contributed by atoms with van der Waals surface area (Å²) in [6.45, 7) is 2.58. The average Bonchev–Trinajstić information content (AvgIpc) is 2.08. The minimum atomic E-state index is 0.125. The molecule has 0 radical (unpaired) electrons. The molecule has 3 heteroatoms. The molecule has 0 heterocycles. The first-order valence-corrected chi connectivity index (χ1v) is 5.52. The van der Waals surface area contributed by atoms with Gasteiger partial charge in [-0.3, -0.25) is 0 Å². The van der Waals surface area contributed by atoms with Gasteiger partial charge in [-0.1, -0.05) is 39.0 Å². The van der Waals surface area contributed by atoms with Gasteiger partial charge in [-0.25, -0.2) is 0 Å². The second-order valence-electron chi connectivity index (χ2n) is 2.49. The molecule has 0 saturated carbocycles. The maximum atomic E-state index is 8.42. The summed E-state index contributed by atoms with van der Waals surface area (Å²) in [5, 5.41) is 8.42. The number of hydrogen-bond donors (Lipinski definition) is 1. The van der Waals surface area contributed by atoms with Crippen molar-refractivity contribution in [1.29, 1.82) is 0 Å². The predicted octanol–water partition coefficient (Wildman–Crippen LogP) is 2.22. The molecule has 0 aromatic rings. The molecule has 0 aromatic heterocycles. The fraction of sp³-hybridized carbons (Fsp3) is 1.00. The molecular formula is C8H18O2Zn. The summed E-state index contributed by atoms with van der Waals surface area (Å²) in [6.07, 6.45) is 7.50. The van der Waals surface area contributed by atoms with Crippen LogP contribution in [0.5, 0.6) is 0 Å². The minimum absolute atomic E-state index is 0.125. The fourth-order valence-electron chi connectivity index (χ4n) is 0.892. The van der Waals surface area contributed by atoms with Gasteiger partial charge < -0.3 is 5.11 Å². The van der Waals surface area contributed by atoms with E-state index in [1.807, 2.05) is 0 Å². The summed E-state index contributed by atoms with van der Waals surface area (Å²) in [7, 11) is 0. The van der Waals surface area contributed by atoms with Crippen molar-refractivity contribution in [2.24, 2.45) is 0 Å². The zero-order valence-corrected chi connectivity index (χ0v) is 10.5. The molecular weight excluding hydrogens is 193 g/mol. The Morgan fingerprint density at radius 1 is 1.00 bits per heavy atom.